The van der Waals surface area contributed by atoms with Crippen LogP contribution >= 0.6 is 23.4 Å². The number of nitrogens with zero attached hydrogens (tertiary/aromatic N) is 5. The second-order valence-corrected chi connectivity index (χ2v) is 11.1. The van der Waals surface area contributed by atoms with Crippen LogP contribution in [0, 0.1) is 0 Å². The zero-order chi connectivity index (χ0) is 30.7. The van der Waals surface area contributed by atoms with Crippen LogP contribution in [-0.2, 0) is 11.3 Å². The van der Waals surface area contributed by atoms with E-state index >= 15 is 0 Å². The number of hydrogen-bond acceptors (Lipinski definition) is 6. The van der Waals surface area contributed by atoms with Crippen LogP contribution < -0.4 is 15.0 Å². The van der Waals surface area contributed by atoms with Gasteiger partial charge in [-0.15, -0.1) is 18.3 Å². The molecule has 1 aliphatic heterocycles. The largest absolute Gasteiger partial charge is 0.573 e. The number of nitrogens with one attached hydrogen (secondary N) is 1. The Hall–Kier alpha value is -4.36. The van der Waals surface area contributed by atoms with Crippen LogP contribution in [0.1, 0.15) is 30.9 Å². The van der Waals surface area contributed by atoms with Gasteiger partial charge in [-0.2, -0.15) is 4.99 Å². The Balaban J connectivity index is 1.26. The van der Waals surface area contributed by atoms with Crippen LogP contribution in [-0.4, -0.2) is 44.0 Å². The molecule has 222 valence electrons. The first-order valence-corrected chi connectivity index (χ1v) is 14.3. The number of amidine groups is 1. The molecule has 0 spiro atoms. The Morgan fingerprint density at radius 3 is 2.63 bits per heavy atom. The summed E-state index contributed by atoms with van der Waals surface area (Å²) >= 11 is 7.40. The van der Waals surface area contributed by atoms with Crippen molar-refractivity contribution in [1.29, 1.82) is 0 Å². The zero-order valence-electron chi connectivity index (χ0n) is 22.8. The highest BCUT2D eigenvalue weighted by Crippen LogP contribution is 2.35. The molecule has 9 nitrogen and oxygen atoms in total. The number of halogens is 4. The number of aromatic nitrogens is 3. The van der Waals surface area contributed by atoms with Crippen molar-refractivity contribution in [2.75, 3.05) is 10.7 Å². The van der Waals surface area contributed by atoms with E-state index < -0.39 is 12.4 Å². The maximum atomic E-state index is 12.8. The fourth-order valence-electron chi connectivity index (χ4n) is 4.33. The molecule has 1 aromatic heterocycles. The molecule has 5 rings (SSSR count). The van der Waals surface area contributed by atoms with Gasteiger partial charge in [-0.3, -0.25) is 9.69 Å². The van der Waals surface area contributed by atoms with E-state index in [0.29, 0.717) is 27.8 Å². The van der Waals surface area contributed by atoms with Gasteiger partial charge in [0, 0.05) is 17.1 Å². The predicted octanol–water partition coefficient (Wildman–Crippen LogP) is 6.96. The summed E-state index contributed by atoms with van der Waals surface area (Å²) in [6.07, 6.45) is -3.33. The maximum Gasteiger partial charge on any atom is 0.573 e. The van der Waals surface area contributed by atoms with Crippen molar-refractivity contribution < 1.29 is 27.5 Å². The number of carbonyl (C=O) groups is 2. The summed E-state index contributed by atoms with van der Waals surface area (Å²) in [5.74, 6) is 0.122. The fraction of sp³-hybridized carbons (Fsp3) is 0.207. The van der Waals surface area contributed by atoms with Crippen molar-refractivity contribution in [3.05, 3.63) is 89.2 Å². The van der Waals surface area contributed by atoms with Gasteiger partial charge in [0.05, 0.1) is 17.1 Å². The van der Waals surface area contributed by atoms with Crippen LogP contribution in [0.3, 0.4) is 0 Å². The Kier molecular flexibility index (Phi) is 8.74. The molecule has 0 unspecified atom stereocenters. The third-order valence-corrected chi connectivity index (χ3v) is 7.43. The van der Waals surface area contributed by atoms with Gasteiger partial charge < -0.3 is 10.1 Å². The normalized spacial score (nSPS) is 14.5. The highest BCUT2D eigenvalue weighted by Gasteiger charge is 2.33. The third-order valence-electron chi connectivity index (χ3n) is 6.27. The van der Waals surface area contributed by atoms with E-state index in [9.17, 15) is 22.8 Å². The van der Waals surface area contributed by atoms with E-state index in [1.54, 1.807) is 30.3 Å². The summed E-state index contributed by atoms with van der Waals surface area (Å²) in [5, 5.41) is 7.91. The highest BCUT2D eigenvalue weighted by atomic mass is 35.5. The number of urea groups is 1. The van der Waals surface area contributed by atoms with Gasteiger partial charge in [0.25, 0.3) is 0 Å². The first-order chi connectivity index (χ1) is 20.5. The van der Waals surface area contributed by atoms with Crippen LogP contribution in [0.15, 0.2) is 78.0 Å². The number of aliphatic imine (C=N–C) groups is 1. The Labute approximate surface area is 253 Å². The van der Waals surface area contributed by atoms with Crippen molar-refractivity contribution in [1.82, 2.24) is 20.1 Å². The second-order valence-electron chi connectivity index (χ2n) is 9.68. The molecule has 1 aliphatic rings. The molecule has 0 radical (unpaired) electrons. The fourth-order valence-corrected chi connectivity index (χ4v) is 5.35. The van der Waals surface area contributed by atoms with E-state index in [-0.39, 0.29) is 35.0 Å². The monoisotopic (exact) mass is 628 g/mol. The number of amides is 3. The van der Waals surface area contributed by atoms with Crippen LogP contribution in [0.25, 0.3) is 17.1 Å². The molecule has 0 bridgehead atoms. The summed E-state index contributed by atoms with van der Waals surface area (Å²) in [6, 6.07) is 17.2. The van der Waals surface area contributed by atoms with Crippen LogP contribution in [0.5, 0.6) is 5.75 Å². The van der Waals surface area contributed by atoms with E-state index in [0.717, 1.165) is 11.1 Å². The van der Waals surface area contributed by atoms with Gasteiger partial charge in [0.15, 0.2) is 11.0 Å². The number of thioether (sulfide) groups is 1. The molecule has 1 saturated heterocycles. The van der Waals surface area contributed by atoms with Crippen molar-refractivity contribution in [2.45, 2.75) is 32.7 Å². The Bertz CT molecular complexity index is 1690. The number of anilines is 1. The molecule has 2 heterocycles. The van der Waals surface area contributed by atoms with E-state index in [4.69, 9.17) is 11.6 Å². The number of benzene rings is 3. The summed E-state index contributed by atoms with van der Waals surface area (Å²) in [7, 11) is 0. The topological polar surface area (TPSA) is 102 Å². The lowest BCUT2D eigenvalue weighted by atomic mass is 10.0. The second kappa shape index (κ2) is 12.5. The van der Waals surface area contributed by atoms with Gasteiger partial charge >= 0.3 is 12.4 Å². The van der Waals surface area contributed by atoms with E-state index in [1.807, 2.05) is 26.0 Å². The SMILES string of the molecule is CC(C)c1ccc(Cl)cc1N1C(=O)CS/C1=N\C(=O)NCc1cccc(-c2ncn(-c3ccc(OC(F)(F)F)cc3)n2)c1. The third kappa shape index (κ3) is 7.35. The van der Waals surface area contributed by atoms with Gasteiger partial charge in [-0.1, -0.05) is 61.5 Å². The molecular formula is C29H24ClF3N6O3S. The Morgan fingerprint density at radius 1 is 1.14 bits per heavy atom. The Morgan fingerprint density at radius 2 is 1.91 bits per heavy atom. The van der Waals surface area contributed by atoms with Gasteiger partial charge in [0.1, 0.15) is 12.1 Å². The van der Waals surface area contributed by atoms with Crippen LogP contribution in [0.2, 0.25) is 5.02 Å². The molecule has 0 aliphatic carbocycles. The molecule has 0 saturated carbocycles. The first kappa shape index (κ1) is 30.1. The molecule has 43 heavy (non-hydrogen) atoms. The number of alkyl halides is 3. The van der Waals surface area contributed by atoms with Gasteiger partial charge in [0.2, 0.25) is 5.91 Å². The first-order valence-electron chi connectivity index (χ1n) is 13.0. The predicted molar refractivity (Wildman–Crippen MR) is 159 cm³/mol. The molecule has 14 heteroatoms. The van der Waals surface area contributed by atoms with Gasteiger partial charge in [-0.25, -0.2) is 14.5 Å². The van der Waals surface area contributed by atoms with Crippen molar-refractivity contribution >= 4 is 46.2 Å². The molecule has 1 fully saturated rings. The van der Waals surface area contributed by atoms with E-state index in [1.165, 1.54) is 51.9 Å². The number of hydrogen-bond donors (Lipinski definition) is 1. The molecule has 3 amide bonds. The minimum Gasteiger partial charge on any atom is -0.406 e. The number of carbonyl (C=O) groups excluding carboxylic acids is 2. The lowest BCUT2D eigenvalue weighted by molar-refractivity contribution is -0.274. The minimum absolute atomic E-state index is 0.118. The molecule has 0 atom stereocenters. The van der Waals surface area contributed by atoms with Crippen LogP contribution in [0.4, 0.5) is 23.7 Å². The summed E-state index contributed by atoms with van der Waals surface area (Å²) < 4.78 is 42.6. The summed E-state index contributed by atoms with van der Waals surface area (Å²) in [6.45, 7) is 4.16. The standard InChI is InChI=1S/C29H24ClF3N6O3S/c1-17(2)23-11-6-20(30)13-24(23)39-25(40)15-43-28(39)36-27(41)34-14-18-4-3-5-19(12-18)26-35-16-38(37-26)21-7-9-22(10-8-21)42-29(31,32)33/h3-13,16-17H,14-15H2,1-2H3,(H,34,41)/b36-28-. The van der Waals surface area contributed by atoms with Crippen molar-refractivity contribution in [2.24, 2.45) is 4.99 Å². The number of rotatable bonds is 7. The number of ether oxygens (including phenoxy) is 1. The maximum absolute atomic E-state index is 12.8. The summed E-state index contributed by atoms with van der Waals surface area (Å²) in [5.41, 5.74) is 3.42. The lowest BCUT2D eigenvalue weighted by Gasteiger charge is -2.21. The smallest absolute Gasteiger partial charge is 0.406 e. The average Bonchev–Trinajstić information content (AvgIpc) is 3.58. The highest BCUT2D eigenvalue weighted by molar-refractivity contribution is 8.15. The lowest BCUT2D eigenvalue weighted by Crippen LogP contribution is -2.32. The summed E-state index contributed by atoms with van der Waals surface area (Å²) in [4.78, 5) is 35.4. The molecular weight excluding hydrogens is 605 g/mol. The average molecular weight is 629 g/mol. The zero-order valence-corrected chi connectivity index (χ0v) is 24.4. The van der Waals surface area contributed by atoms with Gasteiger partial charge in [-0.05, 0) is 59.5 Å². The van der Waals surface area contributed by atoms with Crippen molar-refractivity contribution in [3.63, 3.8) is 0 Å². The quantitative estimate of drug-likeness (QED) is 0.238. The molecule has 4 aromatic rings. The molecule has 3 aromatic carbocycles. The molecule has 1 N–H and O–H groups in total. The minimum atomic E-state index is -4.78. The van der Waals surface area contributed by atoms with E-state index in [2.05, 4.69) is 25.1 Å². The van der Waals surface area contributed by atoms with Crippen molar-refractivity contribution in [3.8, 4) is 22.8 Å².